The monoisotopic (exact) mass is 258 g/mol. The van der Waals surface area contributed by atoms with Gasteiger partial charge in [0, 0.05) is 10.4 Å². The summed E-state index contributed by atoms with van der Waals surface area (Å²) in [6.45, 7) is 0. The Morgan fingerprint density at radius 2 is 1.93 bits per heavy atom. The summed E-state index contributed by atoms with van der Waals surface area (Å²) in [4.78, 5) is 0.860. The molecule has 1 aromatic carbocycles. The fourth-order valence-corrected chi connectivity index (χ4v) is 2.47. The molecule has 0 bridgehead atoms. The van der Waals surface area contributed by atoms with E-state index in [-0.39, 0.29) is 0 Å². The largest absolute Gasteiger partial charge is 0.383 e. The number of hydrogen-bond acceptors (Lipinski definition) is 2. The van der Waals surface area contributed by atoms with E-state index in [2.05, 4.69) is 0 Å². The first-order valence-electron chi connectivity index (χ1n) is 4.35. The van der Waals surface area contributed by atoms with Gasteiger partial charge in [-0.25, -0.2) is 0 Å². The van der Waals surface area contributed by atoms with Gasteiger partial charge in [0.25, 0.3) is 0 Å². The lowest BCUT2D eigenvalue weighted by molar-refractivity contribution is 0.224. The van der Waals surface area contributed by atoms with Gasteiger partial charge in [-0.3, -0.25) is 0 Å². The van der Waals surface area contributed by atoms with Crippen LogP contribution >= 0.6 is 34.5 Å². The Kier molecular flexibility index (Phi) is 3.32. The zero-order valence-electron chi connectivity index (χ0n) is 7.65. The second kappa shape index (κ2) is 4.54. The molecular formula is C11H8Cl2OS. The van der Waals surface area contributed by atoms with Crippen LogP contribution in [0.3, 0.4) is 0 Å². The molecule has 0 saturated heterocycles. The number of hydrogen-bond donors (Lipinski definition) is 1. The van der Waals surface area contributed by atoms with Crippen LogP contribution in [-0.2, 0) is 0 Å². The molecule has 1 unspecified atom stereocenters. The van der Waals surface area contributed by atoms with Crippen LogP contribution in [0.2, 0.25) is 10.0 Å². The summed E-state index contributed by atoms with van der Waals surface area (Å²) in [7, 11) is 0. The third-order valence-electron chi connectivity index (χ3n) is 2.09. The van der Waals surface area contributed by atoms with E-state index < -0.39 is 6.10 Å². The van der Waals surface area contributed by atoms with E-state index >= 15 is 0 Å². The van der Waals surface area contributed by atoms with Gasteiger partial charge in [0.15, 0.2) is 0 Å². The number of halogens is 2. The first kappa shape index (κ1) is 11.0. The summed E-state index contributed by atoms with van der Waals surface area (Å²) in [5.41, 5.74) is 0.645. The van der Waals surface area contributed by atoms with E-state index in [1.165, 1.54) is 11.3 Å². The molecule has 1 atom stereocenters. The van der Waals surface area contributed by atoms with Crippen LogP contribution in [-0.4, -0.2) is 5.11 Å². The van der Waals surface area contributed by atoms with E-state index in [1.807, 2.05) is 17.5 Å². The van der Waals surface area contributed by atoms with E-state index in [9.17, 15) is 5.11 Å². The Labute approximate surface area is 102 Å². The highest BCUT2D eigenvalue weighted by atomic mass is 35.5. The molecule has 0 aliphatic rings. The molecule has 0 radical (unpaired) electrons. The average molecular weight is 259 g/mol. The van der Waals surface area contributed by atoms with Crippen molar-refractivity contribution in [1.82, 2.24) is 0 Å². The fraction of sp³-hybridized carbons (Fsp3) is 0.0909. The van der Waals surface area contributed by atoms with Crippen LogP contribution in [0.4, 0.5) is 0 Å². The molecule has 2 rings (SSSR count). The average Bonchev–Trinajstić information content (AvgIpc) is 2.74. The van der Waals surface area contributed by atoms with E-state index in [1.54, 1.807) is 18.2 Å². The molecule has 78 valence electrons. The summed E-state index contributed by atoms with van der Waals surface area (Å²) in [6, 6.07) is 9.02. The van der Waals surface area contributed by atoms with Gasteiger partial charge >= 0.3 is 0 Å². The number of aliphatic hydroxyl groups excluding tert-OH is 1. The summed E-state index contributed by atoms with van der Waals surface area (Å²) < 4.78 is 0. The van der Waals surface area contributed by atoms with Gasteiger partial charge in [-0.2, -0.15) is 0 Å². The van der Waals surface area contributed by atoms with Gasteiger partial charge in [-0.15, -0.1) is 11.3 Å². The van der Waals surface area contributed by atoms with Crippen molar-refractivity contribution >= 4 is 34.5 Å². The Bertz CT molecular complexity index is 454. The second-order valence-electron chi connectivity index (χ2n) is 3.06. The van der Waals surface area contributed by atoms with Crippen molar-refractivity contribution in [1.29, 1.82) is 0 Å². The van der Waals surface area contributed by atoms with Crippen molar-refractivity contribution in [3.05, 3.63) is 56.2 Å². The van der Waals surface area contributed by atoms with Gasteiger partial charge in [-0.05, 0) is 17.5 Å². The molecule has 4 heteroatoms. The summed E-state index contributed by atoms with van der Waals surface area (Å²) in [5, 5.41) is 12.8. The van der Waals surface area contributed by atoms with Crippen LogP contribution in [0.5, 0.6) is 0 Å². The molecule has 1 heterocycles. The van der Waals surface area contributed by atoms with Crippen molar-refractivity contribution in [2.24, 2.45) is 0 Å². The van der Waals surface area contributed by atoms with Gasteiger partial charge in [0.1, 0.15) is 6.10 Å². The molecule has 1 nitrogen and oxygen atoms in total. The van der Waals surface area contributed by atoms with Gasteiger partial charge in [0.05, 0.1) is 10.0 Å². The summed E-state index contributed by atoms with van der Waals surface area (Å²) in [6.07, 6.45) is -0.698. The Morgan fingerprint density at radius 1 is 1.13 bits per heavy atom. The molecule has 1 aromatic heterocycles. The first-order valence-corrected chi connectivity index (χ1v) is 5.99. The molecule has 0 saturated carbocycles. The minimum Gasteiger partial charge on any atom is -0.383 e. The highest BCUT2D eigenvalue weighted by Crippen LogP contribution is 2.34. The smallest absolute Gasteiger partial charge is 0.115 e. The molecule has 1 N–H and O–H groups in total. The van der Waals surface area contributed by atoms with Crippen LogP contribution in [0.1, 0.15) is 16.5 Å². The van der Waals surface area contributed by atoms with Crippen LogP contribution in [0, 0.1) is 0 Å². The predicted octanol–water partition coefficient (Wildman–Crippen LogP) is 4.14. The quantitative estimate of drug-likeness (QED) is 0.859. The molecule has 0 spiro atoms. The lowest BCUT2D eigenvalue weighted by Crippen LogP contribution is -1.97. The Balaban J connectivity index is 2.42. The lowest BCUT2D eigenvalue weighted by atomic mass is 10.1. The molecule has 0 aliphatic carbocycles. The number of rotatable bonds is 2. The molecule has 0 aliphatic heterocycles. The van der Waals surface area contributed by atoms with E-state index in [0.717, 1.165) is 4.88 Å². The number of aliphatic hydroxyl groups is 1. The molecular weight excluding hydrogens is 251 g/mol. The zero-order valence-corrected chi connectivity index (χ0v) is 9.98. The van der Waals surface area contributed by atoms with E-state index in [4.69, 9.17) is 23.2 Å². The van der Waals surface area contributed by atoms with Crippen molar-refractivity contribution in [3.63, 3.8) is 0 Å². The molecule has 15 heavy (non-hydrogen) atoms. The third-order valence-corrected chi connectivity index (χ3v) is 3.85. The van der Waals surface area contributed by atoms with Crippen LogP contribution in [0.25, 0.3) is 0 Å². The van der Waals surface area contributed by atoms with Gasteiger partial charge < -0.3 is 5.11 Å². The second-order valence-corrected chi connectivity index (χ2v) is 4.83. The molecule has 0 fully saturated rings. The predicted molar refractivity (Wildman–Crippen MR) is 64.8 cm³/mol. The van der Waals surface area contributed by atoms with Crippen molar-refractivity contribution < 1.29 is 5.11 Å². The van der Waals surface area contributed by atoms with Gasteiger partial charge in [0.2, 0.25) is 0 Å². The van der Waals surface area contributed by atoms with Crippen molar-refractivity contribution in [2.75, 3.05) is 0 Å². The standard InChI is InChI=1S/C11H8Cl2OS/c12-8-4-1-3-7(10(8)13)11(14)9-5-2-6-15-9/h1-6,11,14H. The minimum atomic E-state index is -0.698. The highest BCUT2D eigenvalue weighted by molar-refractivity contribution is 7.10. The summed E-state index contributed by atoms with van der Waals surface area (Å²) in [5.74, 6) is 0. The Hall–Kier alpha value is -0.540. The maximum Gasteiger partial charge on any atom is 0.115 e. The maximum atomic E-state index is 10.1. The maximum absolute atomic E-state index is 10.1. The molecule has 2 aromatic rings. The topological polar surface area (TPSA) is 20.2 Å². The minimum absolute atomic E-state index is 0.417. The fourth-order valence-electron chi connectivity index (χ4n) is 1.33. The normalized spacial score (nSPS) is 12.7. The highest BCUT2D eigenvalue weighted by Gasteiger charge is 2.15. The Morgan fingerprint density at radius 3 is 2.60 bits per heavy atom. The molecule has 0 amide bonds. The zero-order chi connectivity index (χ0) is 10.8. The summed E-state index contributed by atoms with van der Waals surface area (Å²) >= 11 is 13.4. The number of thiophene rings is 1. The SMILES string of the molecule is OC(c1cccs1)c1cccc(Cl)c1Cl. The van der Waals surface area contributed by atoms with Crippen molar-refractivity contribution in [3.8, 4) is 0 Å². The van der Waals surface area contributed by atoms with Crippen LogP contribution < -0.4 is 0 Å². The van der Waals surface area contributed by atoms with E-state index in [0.29, 0.717) is 15.6 Å². The first-order chi connectivity index (χ1) is 7.20. The third kappa shape index (κ3) is 2.18. The van der Waals surface area contributed by atoms with Crippen molar-refractivity contribution in [2.45, 2.75) is 6.10 Å². The lowest BCUT2D eigenvalue weighted by Gasteiger charge is -2.11. The van der Waals surface area contributed by atoms with Gasteiger partial charge in [-0.1, -0.05) is 41.4 Å². The van der Waals surface area contributed by atoms with Crippen LogP contribution in [0.15, 0.2) is 35.7 Å². The number of benzene rings is 1.